The van der Waals surface area contributed by atoms with Crippen LogP contribution in [0.15, 0.2) is 24.3 Å². The van der Waals surface area contributed by atoms with Crippen molar-refractivity contribution in [3.8, 4) is 0 Å². The average Bonchev–Trinajstić information content (AvgIpc) is 3.06. The largest absolute Gasteiger partial charge is 0.353 e. The molecule has 2 aliphatic rings. The van der Waals surface area contributed by atoms with Gasteiger partial charge >= 0.3 is 0 Å². The Morgan fingerprint density at radius 1 is 1.18 bits per heavy atom. The highest BCUT2D eigenvalue weighted by atomic mass is 32.1. The third-order valence-corrected chi connectivity index (χ3v) is 8.18. The number of amides is 1. The molecular formula is C24H32N2OS. The minimum absolute atomic E-state index is 0.0809. The Hall–Kier alpha value is -1.81. The fourth-order valence-corrected chi connectivity index (χ4v) is 5.85. The highest BCUT2D eigenvalue weighted by Gasteiger charge is 2.37. The van der Waals surface area contributed by atoms with E-state index in [1.807, 2.05) is 0 Å². The quantitative estimate of drug-likeness (QED) is 0.640. The molecule has 28 heavy (non-hydrogen) atoms. The van der Waals surface area contributed by atoms with Crippen molar-refractivity contribution < 1.29 is 4.79 Å². The van der Waals surface area contributed by atoms with Gasteiger partial charge in [0.2, 0.25) is 0 Å². The maximum atomic E-state index is 13.0. The molecule has 2 atom stereocenters. The predicted molar refractivity (Wildman–Crippen MR) is 118 cm³/mol. The lowest BCUT2D eigenvalue weighted by atomic mass is 9.69. The van der Waals surface area contributed by atoms with E-state index < -0.39 is 0 Å². The lowest BCUT2D eigenvalue weighted by molar-refractivity contribution is 0.0934. The molecule has 1 aliphatic heterocycles. The van der Waals surface area contributed by atoms with Crippen LogP contribution in [0, 0.1) is 11.3 Å². The highest BCUT2D eigenvalue weighted by molar-refractivity contribution is 7.16. The summed E-state index contributed by atoms with van der Waals surface area (Å²) in [6.07, 6.45) is 4.37. The molecule has 0 saturated heterocycles. The second kappa shape index (κ2) is 7.22. The van der Waals surface area contributed by atoms with Gasteiger partial charge in [0, 0.05) is 4.88 Å². The van der Waals surface area contributed by atoms with Crippen LogP contribution in [-0.2, 0) is 12.8 Å². The van der Waals surface area contributed by atoms with Gasteiger partial charge in [0.25, 0.3) is 5.91 Å². The van der Waals surface area contributed by atoms with E-state index in [0.717, 1.165) is 29.0 Å². The van der Waals surface area contributed by atoms with Gasteiger partial charge in [-0.25, -0.2) is 0 Å². The molecule has 0 saturated carbocycles. The Morgan fingerprint density at radius 3 is 2.54 bits per heavy atom. The van der Waals surface area contributed by atoms with Crippen LogP contribution in [0.25, 0.3) is 0 Å². The molecule has 2 heterocycles. The monoisotopic (exact) mass is 396 g/mol. The van der Waals surface area contributed by atoms with Crippen LogP contribution in [-0.4, -0.2) is 5.91 Å². The SMILES string of the molecule is CCC(C)(C)C1CCc2c(sc3c2C(=O)NC(c2ccc(C(C)C)cc2)N3)C1. The van der Waals surface area contributed by atoms with E-state index in [-0.39, 0.29) is 12.1 Å². The third kappa shape index (κ3) is 3.36. The maximum absolute atomic E-state index is 13.0. The first-order valence-electron chi connectivity index (χ1n) is 10.6. The van der Waals surface area contributed by atoms with Gasteiger partial charge in [-0.2, -0.15) is 0 Å². The van der Waals surface area contributed by atoms with Crippen LogP contribution in [0.1, 0.15) is 91.5 Å². The molecule has 4 rings (SSSR count). The maximum Gasteiger partial charge on any atom is 0.256 e. The van der Waals surface area contributed by atoms with Gasteiger partial charge in [-0.1, -0.05) is 65.3 Å². The number of benzene rings is 1. The van der Waals surface area contributed by atoms with E-state index in [4.69, 9.17) is 0 Å². The summed E-state index contributed by atoms with van der Waals surface area (Å²) >= 11 is 1.81. The van der Waals surface area contributed by atoms with E-state index >= 15 is 0 Å². The number of thiophene rings is 1. The van der Waals surface area contributed by atoms with Gasteiger partial charge in [-0.05, 0) is 53.2 Å². The molecule has 2 aromatic rings. The predicted octanol–water partition coefficient (Wildman–Crippen LogP) is 6.27. The zero-order chi connectivity index (χ0) is 20.1. The molecule has 0 fully saturated rings. The molecule has 2 unspecified atom stereocenters. The van der Waals surface area contributed by atoms with Crippen molar-refractivity contribution in [2.75, 3.05) is 5.32 Å². The zero-order valence-corrected chi connectivity index (χ0v) is 18.5. The molecule has 0 bridgehead atoms. The van der Waals surface area contributed by atoms with Crippen molar-refractivity contribution in [2.24, 2.45) is 11.3 Å². The third-order valence-electron chi connectivity index (χ3n) is 7.00. The number of carbonyl (C=O) groups is 1. The Labute approximate surface area is 172 Å². The summed E-state index contributed by atoms with van der Waals surface area (Å²) in [7, 11) is 0. The van der Waals surface area contributed by atoms with Gasteiger partial charge in [-0.3, -0.25) is 4.79 Å². The normalized spacial score (nSPS) is 21.7. The van der Waals surface area contributed by atoms with Crippen molar-refractivity contribution >= 4 is 22.2 Å². The van der Waals surface area contributed by atoms with Crippen molar-refractivity contribution in [2.45, 2.75) is 72.4 Å². The van der Waals surface area contributed by atoms with Crippen LogP contribution in [0.4, 0.5) is 5.00 Å². The van der Waals surface area contributed by atoms with Crippen LogP contribution in [0.3, 0.4) is 0 Å². The average molecular weight is 397 g/mol. The molecule has 1 aliphatic carbocycles. The number of hydrogen-bond donors (Lipinski definition) is 2. The fraction of sp³-hybridized carbons (Fsp3) is 0.542. The number of carbonyl (C=O) groups excluding carboxylic acids is 1. The van der Waals surface area contributed by atoms with E-state index in [1.165, 1.54) is 28.8 Å². The summed E-state index contributed by atoms with van der Waals surface area (Å²) in [5.74, 6) is 1.30. The zero-order valence-electron chi connectivity index (χ0n) is 17.7. The highest BCUT2D eigenvalue weighted by Crippen LogP contribution is 2.46. The van der Waals surface area contributed by atoms with Crippen molar-refractivity contribution in [3.63, 3.8) is 0 Å². The van der Waals surface area contributed by atoms with Gasteiger partial charge in [0.1, 0.15) is 11.2 Å². The smallest absolute Gasteiger partial charge is 0.256 e. The van der Waals surface area contributed by atoms with Gasteiger partial charge in [0.15, 0.2) is 0 Å². The van der Waals surface area contributed by atoms with Crippen LogP contribution in [0.5, 0.6) is 0 Å². The summed E-state index contributed by atoms with van der Waals surface area (Å²) in [4.78, 5) is 14.4. The molecule has 1 aromatic heterocycles. The van der Waals surface area contributed by atoms with E-state index in [9.17, 15) is 4.79 Å². The Bertz CT molecular complexity index is 879. The molecule has 0 spiro atoms. The van der Waals surface area contributed by atoms with Crippen molar-refractivity contribution in [1.29, 1.82) is 0 Å². The van der Waals surface area contributed by atoms with Crippen molar-refractivity contribution in [3.05, 3.63) is 51.4 Å². The number of rotatable bonds is 4. The second-order valence-electron chi connectivity index (χ2n) is 9.36. The van der Waals surface area contributed by atoms with Gasteiger partial charge in [-0.15, -0.1) is 11.3 Å². The molecular weight excluding hydrogens is 364 g/mol. The van der Waals surface area contributed by atoms with Gasteiger partial charge < -0.3 is 10.6 Å². The first-order valence-corrected chi connectivity index (χ1v) is 11.4. The fourth-order valence-electron chi connectivity index (χ4n) is 4.49. The van der Waals surface area contributed by atoms with E-state index in [0.29, 0.717) is 17.3 Å². The molecule has 3 nitrogen and oxygen atoms in total. The minimum Gasteiger partial charge on any atom is -0.353 e. The molecule has 2 N–H and O–H groups in total. The Morgan fingerprint density at radius 2 is 1.89 bits per heavy atom. The second-order valence-corrected chi connectivity index (χ2v) is 10.5. The summed E-state index contributed by atoms with van der Waals surface area (Å²) in [6.45, 7) is 11.5. The Balaban J connectivity index is 1.59. The van der Waals surface area contributed by atoms with Crippen LogP contribution in [0.2, 0.25) is 0 Å². The first kappa shape index (κ1) is 19.5. The number of anilines is 1. The van der Waals surface area contributed by atoms with Crippen LogP contribution >= 0.6 is 11.3 Å². The minimum atomic E-state index is -0.149. The first-order chi connectivity index (χ1) is 13.3. The summed E-state index contributed by atoms with van der Waals surface area (Å²) in [5, 5.41) is 7.84. The summed E-state index contributed by atoms with van der Waals surface area (Å²) < 4.78 is 0. The number of fused-ring (bicyclic) bond motifs is 3. The molecule has 150 valence electrons. The molecule has 0 radical (unpaired) electrons. The lowest BCUT2D eigenvalue weighted by Gasteiger charge is -2.36. The van der Waals surface area contributed by atoms with Crippen LogP contribution < -0.4 is 10.6 Å². The standard InChI is InChI=1S/C24H32N2OS/c1-6-24(4,5)17-11-12-18-19(13-17)28-23-20(18)22(27)25-21(26-23)16-9-7-15(8-10-16)14(2)3/h7-10,14,17,21,26H,6,11-13H2,1-5H3,(H,25,27). The van der Waals surface area contributed by atoms with Gasteiger partial charge in [0.05, 0.1) is 5.56 Å². The molecule has 1 amide bonds. The Kier molecular flexibility index (Phi) is 5.03. The summed E-state index contributed by atoms with van der Waals surface area (Å²) in [5.41, 5.74) is 4.99. The number of hydrogen-bond acceptors (Lipinski definition) is 3. The van der Waals surface area contributed by atoms with E-state index in [1.54, 1.807) is 11.3 Å². The van der Waals surface area contributed by atoms with Crippen molar-refractivity contribution in [1.82, 2.24) is 5.32 Å². The topological polar surface area (TPSA) is 41.1 Å². The van der Waals surface area contributed by atoms with E-state index in [2.05, 4.69) is 69.5 Å². The molecule has 1 aromatic carbocycles. The summed E-state index contributed by atoms with van der Waals surface area (Å²) in [6, 6.07) is 8.59. The number of nitrogens with one attached hydrogen (secondary N) is 2. The lowest BCUT2D eigenvalue weighted by Crippen LogP contribution is -2.38. The molecule has 4 heteroatoms.